The highest BCUT2D eigenvalue weighted by Gasteiger charge is 2.24. The number of aliphatic carboxylic acids is 1. The topological polar surface area (TPSA) is 160 Å². The summed E-state index contributed by atoms with van der Waals surface area (Å²) in [7, 11) is 0. The number of H-pyrrole nitrogens is 1. The van der Waals surface area contributed by atoms with Crippen LogP contribution in [0.15, 0.2) is 12.1 Å². The fraction of sp³-hybridized carbons (Fsp3) is 0.222. The van der Waals surface area contributed by atoms with E-state index in [-0.39, 0.29) is 5.69 Å². The summed E-state index contributed by atoms with van der Waals surface area (Å²) >= 11 is 0. The fourth-order valence-electron chi connectivity index (χ4n) is 1.34. The van der Waals surface area contributed by atoms with Crippen molar-refractivity contribution < 1.29 is 24.4 Å². The molecule has 0 fully saturated rings. The Morgan fingerprint density at radius 2 is 2.00 bits per heavy atom. The summed E-state index contributed by atoms with van der Waals surface area (Å²) in [5.74, 6) is -3.52. The molecular formula is C9H10N4O6. The van der Waals surface area contributed by atoms with Crippen LogP contribution in [-0.4, -0.2) is 50.8 Å². The van der Waals surface area contributed by atoms with Gasteiger partial charge in [0.1, 0.15) is 13.1 Å². The van der Waals surface area contributed by atoms with Gasteiger partial charge in [-0.05, 0) is 11.0 Å². The number of nitrogens with zero attached hydrogens (tertiary/aromatic N) is 2. The second-order valence-electron chi connectivity index (χ2n) is 3.54. The molecule has 0 unspecified atom stereocenters. The van der Waals surface area contributed by atoms with E-state index in [0.717, 1.165) is 12.1 Å². The van der Waals surface area contributed by atoms with E-state index in [9.17, 15) is 24.5 Å². The third kappa shape index (κ3) is 3.80. The van der Waals surface area contributed by atoms with Crippen LogP contribution in [0.2, 0.25) is 0 Å². The molecule has 0 saturated heterocycles. The van der Waals surface area contributed by atoms with Crippen molar-refractivity contribution in [3.05, 3.63) is 27.9 Å². The van der Waals surface area contributed by atoms with Gasteiger partial charge in [0.2, 0.25) is 5.91 Å². The van der Waals surface area contributed by atoms with Crippen molar-refractivity contribution in [1.82, 2.24) is 9.88 Å². The van der Waals surface area contributed by atoms with Crippen molar-refractivity contribution in [1.29, 1.82) is 0 Å². The first kappa shape index (κ1) is 14.2. The number of nitrogens with two attached hydrogens (primary N) is 1. The third-order valence-corrected chi connectivity index (χ3v) is 2.06. The number of carboxylic acid groups (broad SMARTS) is 1. The number of rotatable bonds is 6. The van der Waals surface area contributed by atoms with E-state index in [1.165, 1.54) is 0 Å². The van der Waals surface area contributed by atoms with Gasteiger partial charge in [-0.3, -0.25) is 14.4 Å². The fourth-order valence-corrected chi connectivity index (χ4v) is 1.34. The van der Waals surface area contributed by atoms with Gasteiger partial charge in [-0.15, -0.1) is 0 Å². The van der Waals surface area contributed by atoms with E-state index in [1.807, 2.05) is 0 Å². The summed E-state index contributed by atoms with van der Waals surface area (Å²) in [6.07, 6.45) is 0. The van der Waals surface area contributed by atoms with Crippen molar-refractivity contribution in [2.24, 2.45) is 5.73 Å². The molecule has 102 valence electrons. The maximum Gasteiger partial charge on any atom is 0.323 e. The van der Waals surface area contributed by atoms with Crippen molar-refractivity contribution in [3.63, 3.8) is 0 Å². The summed E-state index contributed by atoms with van der Waals surface area (Å²) in [6, 6.07) is 2.17. The van der Waals surface area contributed by atoms with Gasteiger partial charge in [-0.25, -0.2) is 4.98 Å². The lowest BCUT2D eigenvalue weighted by atomic mass is 10.3. The molecule has 19 heavy (non-hydrogen) atoms. The van der Waals surface area contributed by atoms with Gasteiger partial charge in [0.05, 0.1) is 0 Å². The van der Waals surface area contributed by atoms with Gasteiger partial charge in [-0.2, -0.15) is 0 Å². The molecule has 1 aromatic heterocycles. The highest BCUT2D eigenvalue weighted by Crippen LogP contribution is 2.11. The molecule has 10 nitrogen and oxygen atoms in total. The number of primary amides is 1. The largest absolute Gasteiger partial charge is 0.480 e. The number of amides is 2. The molecule has 0 aliphatic rings. The molecule has 0 saturated carbocycles. The van der Waals surface area contributed by atoms with Crippen molar-refractivity contribution >= 4 is 23.6 Å². The van der Waals surface area contributed by atoms with E-state index < -0.39 is 41.6 Å². The Morgan fingerprint density at radius 3 is 2.42 bits per heavy atom. The second kappa shape index (κ2) is 5.62. The highest BCUT2D eigenvalue weighted by atomic mass is 16.6. The van der Waals surface area contributed by atoms with Crippen LogP contribution >= 0.6 is 0 Å². The average molecular weight is 270 g/mol. The van der Waals surface area contributed by atoms with E-state index in [4.69, 9.17) is 10.8 Å². The van der Waals surface area contributed by atoms with E-state index in [0.29, 0.717) is 4.90 Å². The number of hydrogen-bond donors (Lipinski definition) is 3. The van der Waals surface area contributed by atoms with Crippen LogP contribution in [0.5, 0.6) is 0 Å². The zero-order valence-corrected chi connectivity index (χ0v) is 9.53. The lowest BCUT2D eigenvalue weighted by Crippen LogP contribution is -2.41. The van der Waals surface area contributed by atoms with Gasteiger partial charge >= 0.3 is 11.8 Å². The summed E-state index contributed by atoms with van der Waals surface area (Å²) < 4.78 is 0. The van der Waals surface area contributed by atoms with Crippen LogP contribution in [0.3, 0.4) is 0 Å². The van der Waals surface area contributed by atoms with Gasteiger partial charge in [0.15, 0.2) is 5.69 Å². The quantitative estimate of drug-likeness (QED) is 0.441. The first-order valence-electron chi connectivity index (χ1n) is 4.94. The summed E-state index contributed by atoms with van der Waals surface area (Å²) in [5.41, 5.74) is 4.69. The zero-order valence-electron chi connectivity index (χ0n) is 9.53. The average Bonchev–Trinajstić information content (AvgIpc) is 2.75. The first-order valence-corrected chi connectivity index (χ1v) is 4.94. The number of aromatic nitrogens is 1. The first-order chi connectivity index (χ1) is 8.81. The second-order valence-corrected chi connectivity index (χ2v) is 3.54. The third-order valence-electron chi connectivity index (χ3n) is 2.06. The Balaban J connectivity index is 2.93. The van der Waals surface area contributed by atoms with Crippen LogP contribution in [0.25, 0.3) is 0 Å². The maximum absolute atomic E-state index is 11.9. The SMILES string of the molecule is NC(=O)CN(CC(=O)O)C(=O)c1ccc([N+](=O)[O-])[nH]1. The lowest BCUT2D eigenvalue weighted by Gasteiger charge is -2.16. The molecular weight excluding hydrogens is 260 g/mol. The van der Waals surface area contributed by atoms with E-state index in [1.54, 1.807) is 0 Å². The Hall–Kier alpha value is -2.91. The molecule has 0 aliphatic carbocycles. The molecule has 10 heteroatoms. The Kier molecular flexibility index (Phi) is 4.19. The predicted octanol–water partition coefficient (Wildman–Crippen LogP) is -1.06. The monoisotopic (exact) mass is 270 g/mol. The number of carbonyl (C=O) groups excluding carboxylic acids is 2. The molecule has 4 N–H and O–H groups in total. The summed E-state index contributed by atoms with van der Waals surface area (Å²) in [4.78, 5) is 45.8. The van der Waals surface area contributed by atoms with Gasteiger partial charge in [0, 0.05) is 6.07 Å². The van der Waals surface area contributed by atoms with Gasteiger partial charge in [0.25, 0.3) is 5.91 Å². The summed E-state index contributed by atoms with van der Waals surface area (Å²) in [6.45, 7) is -1.34. The molecule has 1 aromatic rings. The molecule has 0 bridgehead atoms. The number of hydrogen-bond acceptors (Lipinski definition) is 5. The van der Waals surface area contributed by atoms with Crippen molar-refractivity contribution in [2.45, 2.75) is 0 Å². The normalized spacial score (nSPS) is 9.89. The lowest BCUT2D eigenvalue weighted by molar-refractivity contribution is -0.389. The predicted molar refractivity (Wildman–Crippen MR) is 60.2 cm³/mol. The molecule has 0 aliphatic heterocycles. The number of carboxylic acids is 1. The number of nitro groups is 1. The zero-order chi connectivity index (χ0) is 14.6. The number of carbonyl (C=O) groups is 3. The molecule has 0 spiro atoms. The van der Waals surface area contributed by atoms with E-state index >= 15 is 0 Å². The van der Waals surface area contributed by atoms with Gasteiger partial charge in [-0.1, -0.05) is 0 Å². The molecule has 2 amide bonds. The minimum Gasteiger partial charge on any atom is -0.480 e. The van der Waals surface area contributed by atoms with Crippen molar-refractivity contribution in [2.75, 3.05) is 13.1 Å². The van der Waals surface area contributed by atoms with Crippen LogP contribution in [0, 0.1) is 10.1 Å². The smallest absolute Gasteiger partial charge is 0.323 e. The molecule has 0 aromatic carbocycles. The van der Waals surface area contributed by atoms with Crippen LogP contribution in [0.4, 0.5) is 5.82 Å². The van der Waals surface area contributed by atoms with E-state index in [2.05, 4.69) is 4.98 Å². The molecule has 0 radical (unpaired) electrons. The standard InChI is InChI=1S/C9H10N4O6/c10-6(14)3-12(4-8(15)16)9(17)5-1-2-7(11-5)13(18)19/h1-2,11H,3-4H2,(H2,10,14)(H,15,16). The maximum atomic E-state index is 11.9. The Labute approximate surface area is 105 Å². The van der Waals surface area contributed by atoms with Crippen LogP contribution in [-0.2, 0) is 9.59 Å². The number of nitrogens with one attached hydrogen (secondary N) is 1. The minimum atomic E-state index is -1.34. The number of aromatic amines is 1. The Bertz CT molecular complexity index is 521. The molecule has 0 atom stereocenters. The van der Waals surface area contributed by atoms with Crippen LogP contribution < -0.4 is 5.73 Å². The van der Waals surface area contributed by atoms with Crippen molar-refractivity contribution in [3.8, 4) is 0 Å². The van der Waals surface area contributed by atoms with Gasteiger partial charge < -0.3 is 25.9 Å². The molecule has 1 heterocycles. The molecule has 1 rings (SSSR count). The highest BCUT2D eigenvalue weighted by molar-refractivity contribution is 5.96. The summed E-state index contributed by atoms with van der Waals surface area (Å²) in [5, 5.41) is 19.1. The van der Waals surface area contributed by atoms with Crippen LogP contribution in [0.1, 0.15) is 10.5 Å². The minimum absolute atomic E-state index is 0.200. The Morgan fingerprint density at radius 1 is 1.37 bits per heavy atom.